The van der Waals surface area contributed by atoms with Crippen LogP contribution >= 0.6 is 0 Å². The van der Waals surface area contributed by atoms with Crippen LogP contribution in [-0.4, -0.2) is 55.9 Å². The van der Waals surface area contributed by atoms with Crippen LogP contribution in [-0.2, 0) is 14.3 Å². The molecule has 2 aliphatic heterocycles. The lowest BCUT2D eigenvalue weighted by Crippen LogP contribution is -2.41. The molecule has 27 heavy (non-hydrogen) atoms. The minimum atomic E-state index is -0.901. The number of carbonyl (C=O) groups is 2. The lowest BCUT2D eigenvalue weighted by atomic mass is 9.96. The van der Waals surface area contributed by atoms with Crippen molar-refractivity contribution in [3.63, 3.8) is 0 Å². The summed E-state index contributed by atoms with van der Waals surface area (Å²) in [5.74, 6) is -1.87. The molecular formula is C19H24F2N2O4. The molecule has 0 spiro atoms. The number of likely N-dealkylation sites (tertiary alicyclic amines) is 1. The third-order valence-corrected chi connectivity index (χ3v) is 4.95. The van der Waals surface area contributed by atoms with Gasteiger partial charge < -0.3 is 19.7 Å². The maximum absolute atomic E-state index is 13.5. The van der Waals surface area contributed by atoms with E-state index in [0.717, 1.165) is 25.0 Å². The zero-order valence-electron chi connectivity index (χ0n) is 15.1. The van der Waals surface area contributed by atoms with Crippen molar-refractivity contribution in [1.82, 2.24) is 10.2 Å². The van der Waals surface area contributed by atoms with Crippen LogP contribution in [0.3, 0.4) is 0 Å². The van der Waals surface area contributed by atoms with Crippen molar-refractivity contribution >= 4 is 11.8 Å². The molecule has 2 saturated heterocycles. The number of carbonyl (C=O) groups excluding carboxylic acids is 2. The molecule has 8 heteroatoms. The number of nitrogens with one attached hydrogen (secondary N) is 1. The van der Waals surface area contributed by atoms with Gasteiger partial charge in [-0.25, -0.2) is 8.78 Å². The number of rotatable bonds is 6. The number of hydrogen-bond donors (Lipinski definition) is 1. The van der Waals surface area contributed by atoms with Gasteiger partial charge in [0, 0.05) is 38.0 Å². The van der Waals surface area contributed by atoms with Gasteiger partial charge in [0.25, 0.3) is 5.91 Å². The van der Waals surface area contributed by atoms with E-state index in [0.29, 0.717) is 51.1 Å². The quantitative estimate of drug-likeness (QED) is 0.765. The summed E-state index contributed by atoms with van der Waals surface area (Å²) in [6.07, 6.45) is 2.35. The predicted molar refractivity (Wildman–Crippen MR) is 92.9 cm³/mol. The molecule has 148 valence electrons. The van der Waals surface area contributed by atoms with Crippen molar-refractivity contribution in [2.24, 2.45) is 5.92 Å². The van der Waals surface area contributed by atoms with Crippen molar-refractivity contribution in [3.8, 4) is 0 Å². The Labute approximate surface area is 156 Å². The second kappa shape index (κ2) is 9.23. The van der Waals surface area contributed by atoms with E-state index >= 15 is 0 Å². The van der Waals surface area contributed by atoms with Gasteiger partial charge in [0.15, 0.2) is 6.29 Å². The highest BCUT2D eigenvalue weighted by molar-refractivity contribution is 5.94. The number of hydrogen-bond acceptors (Lipinski definition) is 4. The van der Waals surface area contributed by atoms with Gasteiger partial charge in [0.1, 0.15) is 11.6 Å². The minimum absolute atomic E-state index is 0.0453. The van der Waals surface area contributed by atoms with E-state index < -0.39 is 17.5 Å². The van der Waals surface area contributed by atoms with Crippen molar-refractivity contribution in [2.45, 2.75) is 32.0 Å². The Bertz CT molecular complexity index is 672. The molecule has 2 heterocycles. The number of piperidine rings is 1. The van der Waals surface area contributed by atoms with Crippen LogP contribution in [0.4, 0.5) is 8.78 Å². The normalized spacial score (nSPS) is 18.7. The number of benzene rings is 1. The van der Waals surface area contributed by atoms with Gasteiger partial charge in [0.2, 0.25) is 5.91 Å². The number of ether oxygens (including phenoxy) is 2. The Balaban J connectivity index is 1.34. The van der Waals surface area contributed by atoms with Gasteiger partial charge in [-0.05, 0) is 31.4 Å². The van der Waals surface area contributed by atoms with Crippen LogP contribution in [0.2, 0.25) is 0 Å². The standard InChI is InChI=1S/C19H24F2N2O4/c20-14-3-4-15(16(21)12-14)18(25)22-7-1-2-17(24)23-8-5-13(6-9-23)19-26-10-11-27-19/h3-4,12-13,19H,1-2,5-11H2,(H,22,25). The highest BCUT2D eigenvalue weighted by Crippen LogP contribution is 2.26. The molecule has 2 aliphatic rings. The predicted octanol–water partition coefficient (Wildman–Crippen LogP) is 2.09. The summed E-state index contributed by atoms with van der Waals surface area (Å²) in [6.45, 7) is 2.88. The van der Waals surface area contributed by atoms with Crippen LogP contribution < -0.4 is 5.32 Å². The smallest absolute Gasteiger partial charge is 0.254 e. The lowest BCUT2D eigenvalue weighted by Gasteiger charge is -2.34. The summed E-state index contributed by atoms with van der Waals surface area (Å²) in [6, 6.07) is 2.81. The van der Waals surface area contributed by atoms with E-state index in [1.54, 1.807) is 0 Å². The molecule has 1 N–H and O–H groups in total. The summed E-state index contributed by atoms with van der Waals surface area (Å²) in [7, 11) is 0. The van der Waals surface area contributed by atoms with Crippen LogP contribution in [0.5, 0.6) is 0 Å². The van der Waals surface area contributed by atoms with Crippen LogP contribution in [0.25, 0.3) is 0 Å². The van der Waals surface area contributed by atoms with Crippen LogP contribution in [0.1, 0.15) is 36.0 Å². The average Bonchev–Trinajstić information content (AvgIpc) is 3.20. The highest BCUT2D eigenvalue weighted by atomic mass is 19.1. The van der Waals surface area contributed by atoms with E-state index in [1.807, 2.05) is 4.90 Å². The first-order valence-corrected chi connectivity index (χ1v) is 9.29. The van der Waals surface area contributed by atoms with Gasteiger partial charge >= 0.3 is 0 Å². The molecule has 3 rings (SSSR count). The van der Waals surface area contributed by atoms with Gasteiger partial charge in [-0.15, -0.1) is 0 Å². The highest BCUT2D eigenvalue weighted by Gasteiger charge is 2.31. The second-order valence-corrected chi connectivity index (χ2v) is 6.81. The Morgan fingerprint density at radius 1 is 1.15 bits per heavy atom. The van der Waals surface area contributed by atoms with Crippen molar-refractivity contribution < 1.29 is 27.8 Å². The molecule has 1 aromatic carbocycles. The minimum Gasteiger partial charge on any atom is -0.352 e. The molecule has 0 saturated carbocycles. The fourth-order valence-electron chi connectivity index (χ4n) is 3.44. The summed E-state index contributed by atoms with van der Waals surface area (Å²) in [4.78, 5) is 26.0. The fourth-order valence-corrected chi connectivity index (χ4v) is 3.44. The first-order chi connectivity index (χ1) is 13.0. The summed E-state index contributed by atoms with van der Waals surface area (Å²) in [5, 5.41) is 2.56. The Hall–Kier alpha value is -2.06. The first kappa shape index (κ1) is 19.7. The van der Waals surface area contributed by atoms with Crippen LogP contribution in [0, 0.1) is 17.6 Å². The molecule has 1 aromatic rings. The maximum atomic E-state index is 13.5. The molecule has 2 fully saturated rings. The van der Waals surface area contributed by atoms with E-state index in [2.05, 4.69) is 5.32 Å². The SMILES string of the molecule is O=C(NCCCC(=O)N1CCC(C2OCCO2)CC1)c1ccc(F)cc1F. The number of amides is 2. The second-order valence-electron chi connectivity index (χ2n) is 6.81. The van der Waals surface area contributed by atoms with Crippen molar-refractivity contribution in [2.75, 3.05) is 32.8 Å². The Morgan fingerprint density at radius 2 is 1.85 bits per heavy atom. The average molecular weight is 382 g/mol. The molecule has 0 aromatic heterocycles. The molecule has 6 nitrogen and oxygen atoms in total. The topological polar surface area (TPSA) is 67.9 Å². The van der Waals surface area contributed by atoms with E-state index in [-0.39, 0.29) is 24.3 Å². The summed E-state index contributed by atoms with van der Waals surface area (Å²) < 4.78 is 37.5. The molecule has 2 amide bonds. The van der Waals surface area contributed by atoms with Crippen molar-refractivity contribution in [1.29, 1.82) is 0 Å². The van der Waals surface area contributed by atoms with Crippen LogP contribution in [0.15, 0.2) is 18.2 Å². The molecule has 0 aliphatic carbocycles. The first-order valence-electron chi connectivity index (χ1n) is 9.29. The zero-order valence-corrected chi connectivity index (χ0v) is 15.1. The van der Waals surface area contributed by atoms with Crippen molar-refractivity contribution in [3.05, 3.63) is 35.4 Å². The van der Waals surface area contributed by atoms with Gasteiger partial charge in [0.05, 0.1) is 18.8 Å². The summed E-state index contributed by atoms with van der Waals surface area (Å²) in [5.41, 5.74) is -0.207. The molecule has 0 radical (unpaired) electrons. The fraction of sp³-hybridized carbons (Fsp3) is 0.579. The number of nitrogens with zero attached hydrogens (tertiary/aromatic N) is 1. The number of halogens is 2. The van der Waals surface area contributed by atoms with E-state index in [1.165, 1.54) is 0 Å². The third kappa shape index (κ3) is 5.23. The van der Waals surface area contributed by atoms with E-state index in [9.17, 15) is 18.4 Å². The zero-order chi connectivity index (χ0) is 19.2. The molecule has 0 bridgehead atoms. The third-order valence-electron chi connectivity index (χ3n) is 4.95. The van der Waals surface area contributed by atoms with Gasteiger partial charge in [-0.3, -0.25) is 9.59 Å². The molecule has 0 unspecified atom stereocenters. The molecular weight excluding hydrogens is 358 g/mol. The van der Waals surface area contributed by atoms with Gasteiger partial charge in [-0.2, -0.15) is 0 Å². The van der Waals surface area contributed by atoms with E-state index in [4.69, 9.17) is 9.47 Å². The van der Waals surface area contributed by atoms with Gasteiger partial charge in [-0.1, -0.05) is 0 Å². The summed E-state index contributed by atoms with van der Waals surface area (Å²) >= 11 is 0. The lowest BCUT2D eigenvalue weighted by molar-refractivity contribution is -0.136. The Morgan fingerprint density at radius 3 is 2.52 bits per heavy atom. The largest absolute Gasteiger partial charge is 0.352 e. The maximum Gasteiger partial charge on any atom is 0.254 e. The Kier molecular flexibility index (Phi) is 6.73. The monoisotopic (exact) mass is 382 g/mol. The molecule has 0 atom stereocenters.